The van der Waals surface area contributed by atoms with Crippen LogP contribution in [0.5, 0.6) is 0 Å². The summed E-state index contributed by atoms with van der Waals surface area (Å²) in [5, 5.41) is 0. The summed E-state index contributed by atoms with van der Waals surface area (Å²) >= 11 is 1.74. The first-order chi connectivity index (χ1) is 10.2. The Kier molecular flexibility index (Phi) is 6.62. The topological polar surface area (TPSA) is 20.3 Å². The molecule has 0 N–H and O–H groups in total. The molecular formula is C18H27NOS. The first kappa shape index (κ1) is 16.4. The summed E-state index contributed by atoms with van der Waals surface area (Å²) in [5.74, 6) is 2.45. The van der Waals surface area contributed by atoms with E-state index in [1.165, 1.54) is 36.8 Å². The van der Waals surface area contributed by atoms with Crippen LogP contribution in [0.25, 0.3) is 0 Å². The predicted molar refractivity (Wildman–Crippen MR) is 91.7 cm³/mol. The van der Waals surface area contributed by atoms with Crippen LogP contribution < -0.4 is 0 Å². The minimum atomic E-state index is 0.320. The van der Waals surface area contributed by atoms with E-state index in [1.54, 1.807) is 11.8 Å². The molecule has 1 heterocycles. The number of likely N-dealkylation sites (tertiary alicyclic amines) is 1. The molecule has 0 bridgehead atoms. The molecule has 1 saturated heterocycles. The molecule has 0 unspecified atom stereocenters. The SMILES string of the molecule is CC(C)c1ccc(CSCC(=O)N2CCCCCC2)cc1. The summed E-state index contributed by atoms with van der Waals surface area (Å²) in [6, 6.07) is 8.80. The van der Waals surface area contributed by atoms with Gasteiger partial charge in [-0.3, -0.25) is 4.79 Å². The lowest BCUT2D eigenvalue weighted by Gasteiger charge is -2.20. The van der Waals surface area contributed by atoms with Crippen LogP contribution >= 0.6 is 11.8 Å². The maximum Gasteiger partial charge on any atom is 0.232 e. The Balaban J connectivity index is 1.74. The van der Waals surface area contributed by atoms with Gasteiger partial charge in [-0.1, -0.05) is 51.0 Å². The highest BCUT2D eigenvalue weighted by molar-refractivity contribution is 7.99. The number of hydrogen-bond donors (Lipinski definition) is 0. The van der Waals surface area contributed by atoms with E-state index in [1.807, 2.05) is 0 Å². The molecule has 0 radical (unpaired) electrons. The van der Waals surface area contributed by atoms with Crippen molar-refractivity contribution in [3.8, 4) is 0 Å². The molecule has 0 spiro atoms. The summed E-state index contributed by atoms with van der Waals surface area (Å²) in [7, 11) is 0. The summed E-state index contributed by atoms with van der Waals surface area (Å²) in [6.45, 7) is 6.35. The van der Waals surface area contributed by atoms with E-state index >= 15 is 0 Å². The van der Waals surface area contributed by atoms with Crippen LogP contribution in [0.2, 0.25) is 0 Å². The normalized spacial score (nSPS) is 16.0. The molecule has 2 nitrogen and oxygen atoms in total. The quantitative estimate of drug-likeness (QED) is 0.801. The Morgan fingerprint density at radius 1 is 1.10 bits per heavy atom. The zero-order valence-corrected chi connectivity index (χ0v) is 14.1. The number of carbonyl (C=O) groups excluding carboxylic acids is 1. The maximum absolute atomic E-state index is 12.2. The minimum Gasteiger partial charge on any atom is -0.342 e. The average Bonchev–Trinajstić information content (AvgIpc) is 2.77. The van der Waals surface area contributed by atoms with Crippen molar-refractivity contribution in [3.05, 3.63) is 35.4 Å². The Bertz CT molecular complexity index is 433. The zero-order chi connectivity index (χ0) is 15.1. The van der Waals surface area contributed by atoms with Crippen LogP contribution in [0.4, 0.5) is 0 Å². The molecule has 0 aliphatic carbocycles. The number of benzene rings is 1. The van der Waals surface area contributed by atoms with E-state index < -0.39 is 0 Å². The Morgan fingerprint density at radius 2 is 1.71 bits per heavy atom. The lowest BCUT2D eigenvalue weighted by Crippen LogP contribution is -2.33. The van der Waals surface area contributed by atoms with Crippen LogP contribution in [-0.4, -0.2) is 29.6 Å². The lowest BCUT2D eigenvalue weighted by atomic mass is 10.0. The van der Waals surface area contributed by atoms with Gasteiger partial charge in [0.05, 0.1) is 5.75 Å². The molecule has 2 rings (SSSR count). The van der Waals surface area contributed by atoms with Crippen LogP contribution in [0.3, 0.4) is 0 Å². The molecule has 3 heteroatoms. The van der Waals surface area contributed by atoms with Crippen LogP contribution in [-0.2, 0) is 10.5 Å². The highest BCUT2D eigenvalue weighted by Gasteiger charge is 2.15. The van der Waals surface area contributed by atoms with Crippen molar-refractivity contribution in [2.75, 3.05) is 18.8 Å². The van der Waals surface area contributed by atoms with Crippen LogP contribution in [0, 0.1) is 0 Å². The van der Waals surface area contributed by atoms with Gasteiger partial charge < -0.3 is 4.90 Å². The van der Waals surface area contributed by atoms with E-state index in [-0.39, 0.29) is 0 Å². The van der Waals surface area contributed by atoms with Crippen LogP contribution in [0.1, 0.15) is 56.6 Å². The van der Waals surface area contributed by atoms with Gasteiger partial charge >= 0.3 is 0 Å². The third-order valence-corrected chi connectivity index (χ3v) is 5.09. The molecule has 1 aromatic rings. The monoisotopic (exact) mass is 305 g/mol. The molecule has 1 amide bonds. The first-order valence-electron chi connectivity index (χ1n) is 8.11. The molecular weight excluding hydrogens is 278 g/mol. The number of nitrogens with zero attached hydrogens (tertiary/aromatic N) is 1. The van der Waals surface area contributed by atoms with Crippen molar-refractivity contribution in [2.45, 2.75) is 51.2 Å². The van der Waals surface area contributed by atoms with Gasteiger partial charge in [0, 0.05) is 18.8 Å². The van der Waals surface area contributed by atoms with Gasteiger partial charge in [-0.25, -0.2) is 0 Å². The fourth-order valence-corrected chi connectivity index (χ4v) is 3.55. The number of amides is 1. The molecule has 1 aliphatic heterocycles. The molecule has 1 aromatic carbocycles. The van der Waals surface area contributed by atoms with Gasteiger partial charge in [0.2, 0.25) is 5.91 Å². The fraction of sp³-hybridized carbons (Fsp3) is 0.611. The number of carbonyl (C=O) groups is 1. The highest BCUT2D eigenvalue weighted by Crippen LogP contribution is 2.18. The summed E-state index contributed by atoms with van der Waals surface area (Å²) in [6.07, 6.45) is 4.90. The van der Waals surface area contributed by atoms with Gasteiger partial charge in [-0.05, 0) is 29.9 Å². The molecule has 0 atom stereocenters. The molecule has 1 fully saturated rings. The third kappa shape index (κ3) is 5.39. The second-order valence-corrected chi connectivity index (χ2v) is 7.17. The molecule has 0 aromatic heterocycles. The van der Waals surface area contributed by atoms with Crippen molar-refractivity contribution in [2.24, 2.45) is 0 Å². The maximum atomic E-state index is 12.2. The Morgan fingerprint density at radius 3 is 2.29 bits per heavy atom. The number of thioether (sulfide) groups is 1. The summed E-state index contributed by atoms with van der Waals surface area (Å²) in [5.41, 5.74) is 2.69. The average molecular weight is 305 g/mol. The zero-order valence-electron chi connectivity index (χ0n) is 13.3. The largest absolute Gasteiger partial charge is 0.342 e. The highest BCUT2D eigenvalue weighted by atomic mass is 32.2. The fourth-order valence-electron chi connectivity index (χ4n) is 2.67. The molecule has 0 saturated carbocycles. The smallest absolute Gasteiger partial charge is 0.232 e. The standard InChI is InChI=1S/C18H27NOS/c1-15(2)17-9-7-16(8-10-17)13-21-14-18(20)19-11-5-3-4-6-12-19/h7-10,15H,3-6,11-14H2,1-2H3. The molecule has 116 valence electrons. The van der Waals surface area contributed by atoms with Crippen LogP contribution in [0.15, 0.2) is 24.3 Å². The summed E-state index contributed by atoms with van der Waals surface area (Å²) in [4.78, 5) is 14.2. The van der Waals surface area contributed by atoms with Gasteiger partial charge in [-0.15, -0.1) is 11.8 Å². The lowest BCUT2D eigenvalue weighted by molar-refractivity contribution is -0.128. The van der Waals surface area contributed by atoms with Crippen molar-refractivity contribution in [3.63, 3.8) is 0 Å². The van der Waals surface area contributed by atoms with E-state index in [0.717, 1.165) is 18.8 Å². The third-order valence-electron chi connectivity index (χ3n) is 4.10. The second-order valence-electron chi connectivity index (χ2n) is 6.18. The van der Waals surface area contributed by atoms with Gasteiger partial charge in [0.25, 0.3) is 0 Å². The van der Waals surface area contributed by atoms with Crippen molar-refractivity contribution < 1.29 is 4.79 Å². The van der Waals surface area contributed by atoms with Crippen molar-refractivity contribution in [1.29, 1.82) is 0 Å². The molecule has 21 heavy (non-hydrogen) atoms. The molecule has 1 aliphatic rings. The summed E-state index contributed by atoms with van der Waals surface area (Å²) < 4.78 is 0. The van der Waals surface area contributed by atoms with Crippen molar-refractivity contribution >= 4 is 17.7 Å². The van der Waals surface area contributed by atoms with E-state index in [2.05, 4.69) is 43.0 Å². The second kappa shape index (κ2) is 8.47. The minimum absolute atomic E-state index is 0.320. The van der Waals surface area contributed by atoms with Gasteiger partial charge in [-0.2, -0.15) is 0 Å². The van der Waals surface area contributed by atoms with Crippen molar-refractivity contribution in [1.82, 2.24) is 4.90 Å². The number of hydrogen-bond acceptors (Lipinski definition) is 2. The van der Waals surface area contributed by atoms with E-state index in [4.69, 9.17) is 0 Å². The number of rotatable bonds is 5. The first-order valence-corrected chi connectivity index (χ1v) is 9.26. The van der Waals surface area contributed by atoms with E-state index in [9.17, 15) is 4.79 Å². The predicted octanol–water partition coefficient (Wildman–Crippen LogP) is 4.45. The van der Waals surface area contributed by atoms with Gasteiger partial charge in [0.1, 0.15) is 0 Å². The Hall–Kier alpha value is -0.960. The Labute approximate surface area is 133 Å². The van der Waals surface area contributed by atoms with Gasteiger partial charge in [0.15, 0.2) is 0 Å². The van der Waals surface area contributed by atoms with E-state index in [0.29, 0.717) is 17.6 Å².